The van der Waals surface area contributed by atoms with Crippen LogP contribution in [0.4, 0.5) is 13.2 Å². The molecule has 332 valence electrons. The average molecular weight is 860 g/mol. The van der Waals surface area contributed by atoms with Gasteiger partial charge >= 0.3 is 0 Å². The van der Waals surface area contributed by atoms with E-state index in [1.165, 1.54) is 37.1 Å². The first-order valence-electron chi connectivity index (χ1n) is 21.4. The predicted molar refractivity (Wildman–Crippen MR) is 227 cm³/mol. The smallest absolute Gasteiger partial charge is 0.223 e. The summed E-state index contributed by atoms with van der Waals surface area (Å²) in [5, 5.41) is 54.1. The highest BCUT2D eigenvalue weighted by molar-refractivity contribution is 8.13. The maximum Gasteiger partial charge on any atom is 0.223 e. The molecule has 9 nitrogen and oxygen atoms in total. The van der Waals surface area contributed by atoms with Crippen molar-refractivity contribution in [2.75, 3.05) is 32.3 Å². The van der Waals surface area contributed by atoms with E-state index in [0.717, 1.165) is 64.4 Å². The number of aryl methyl sites for hydroxylation is 1. The highest BCUT2D eigenvalue weighted by atomic mass is 32.2. The van der Waals surface area contributed by atoms with Crippen molar-refractivity contribution >= 4 is 22.7 Å². The summed E-state index contributed by atoms with van der Waals surface area (Å²) in [6, 6.07) is 14.4. The van der Waals surface area contributed by atoms with Crippen molar-refractivity contribution in [2.24, 2.45) is 28.6 Å². The van der Waals surface area contributed by atoms with Gasteiger partial charge in [-0.3, -0.25) is 9.59 Å². The van der Waals surface area contributed by atoms with E-state index in [4.69, 9.17) is 4.74 Å². The minimum absolute atomic E-state index is 0.0294. The van der Waals surface area contributed by atoms with Crippen molar-refractivity contribution < 1.29 is 53.0 Å². The summed E-state index contributed by atoms with van der Waals surface area (Å²) in [6.07, 6.45) is 7.54. The number of nitrogens with one attached hydrogen (secondary N) is 1. The molecule has 2 aromatic rings. The van der Waals surface area contributed by atoms with Crippen LogP contribution < -0.4 is 5.32 Å². The largest absolute Gasteiger partial charge is 0.508 e. The lowest BCUT2D eigenvalue weighted by Gasteiger charge is -2.63. The Morgan fingerprint density at radius 1 is 1.02 bits per heavy atom. The van der Waals surface area contributed by atoms with Crippen LogP contribution >= 0.6 is 11.8 Å². The van der Waals surface area contributed by atoms with Gasteiger partial charge in [-0.15, -0.1) is 0 Å². The summed E-state index contributed by atoms with van der Waals surface area (Å²) in [7, 11) is 0. The van der Waals surface area contributed by atoms with Crippen molar-refractivity contribution in [2.45, 2.75) is 121 Å². The number of hydrogen-bond acceptors (Lipinski definition) is 10. The number of ketones is 1. The fourth-order valence-electron chi connectivity index (χ4n) is 10.5. The summed E-state index contributed by atoms with van der Waals surface area (Å²) in [4.78, 5) is 24.6. The molecule has 1 unspecified atom stereocenters. The fourth-order valence-corrected chi connectivity index (χ4v) is 11.3. The van der Waals surface area contributed by atoms with Gasteiger partial charge in [-0.2, -0.15) is 0 Å². The van der Waals surface area contributed by atoms with Crippen LogP contribution in [-0.2, 0) is 27.4 Å². The van der Waals surface area contributed by atoms with Crippen LogP contribution in [0.15, 0.2) is 72.3 Å². The zero-order chi connectivity index (χ0) is 43.7. The molecule has 0 heterocycles. The minimum Gasteiger partial charge on any atom is -0.508 e. The Bertz CT molecular complexity index is 1820. The normalized spacial score (nSPS) is 32.3. The van der Waals surface area contributed by atoms with Crippen molar-refractivity contribution in [1.29, 1.82) is 0 Å². The van der Waals surface area contributed by atoms with Gasteiger partial charge in [0, 0.05) is 42.1 Å². The highest BCUT2D eigenvalue weighted by Gasteiger charge is 2.76. The molecule has 3 fully saturated rings. The van der Waals surface area contributed by atoms with E-state index in [2.05, 4.69) is 35.6 Å². The number of alkyl halides is 3. The third-order valence-corrected chi connectivity index (χ3v) is 14.6. The molecular formula is C47H64F3NO8S. The van der Waals surface area contributed by atoms with E-state index in [-0.39, 0.29) is 37.2 Å². The van der Waals surface area contributed by atoms with Gasteiger partial charge in [0.05, 0.1) is 18.8 Å². The Morgan fingerprint density at radius 2 is 1.72 bits per heavy atom. The number of unbranched alkanes of at least 4 members (excludes halogenated alkanes) is 4. The van der Waals surface area contributed by atoms with Crippen molar-refractivity contribution in [3.05, 3.63) is 89.0 Å². The third kappa shape index (κ3) is 9.77. The van der Waals surface area contributed by atoms with Crippen LogP contribution in [-0.4, -0.2) is 92.3 Å². The molecule has 0 radical (unpaired) electrons. The lowest BCUT2D eigenvalue weighted by Crippen LogP contribution is -2.70. The average Bonchev–Trinajstić information content (AvgIpc) is 3.43. The standard InChI is InChI=1S/C25H37NO4.C22H27F3O4S/c27-20-23-18-22(13-14-24(23)28)25(29)19-26-15-7-1-2-8-16-30-17-9-6-12-21-10-4-3-5-11-21;1-11-6-13-14-8-16(24)15-7-12(26)4-5-19(15,2)21(14,25)17(27)9-20(13,3)22(11,29)18(28)30-10-23/h3-5,10-11,13-14,18,25-29H,1-2,6-9,12,15-17,19-20H2;4-5,7,11,13-14,16-17,27,29H,6,8-10H2,1-3H3/t;11-,13+,14+,16+,17+,19+,20+,21+,22+/m.1/s1. The zero-order valence-corrected chi connectivity index (χ0v) is 35.9. The first-order valence-corrected chi connectivity index (χ1v) is 22.4. The van der Waals surface area contributed by atoms with Crippen LogP contribution in [0.1, 0.15) is 101 Å². The Balaban J connectivity index is 0.000000228. The number of aliphatic hydroxyl groups is 4. The number of halogens is 3. The molecule has 0 aromatic heterocycles. The van der Waals surface area contributed by atoms with Gasteiger partial charge in [0.2, 0.25) is 5.12 Å². The number of aliphatic hydroxyl groups excluding tert-OH is 3. The lowest BCUT2D eigenvalue weighted by atomic mass is 9.44. The molecule has 0 bridgehead atoms. The second kappa shape index (κ2) is 20.9. The Hall–Kier alpha value is -3.04. The molecule has 2 aromatic carbocycles. The molecule has 0 aliphatic heterocycles. The van der Waals surface area contributed by atoms with Crippen LogP contribution in [0.2, 0.25) is 0 Å². The van der Waals surface area contributed by atoms with E-state index in [1.54, 1.807) is 26.0 Å². The number of rotatable bonds is 18. The van der Waals surface area contributed by atoms with Crippen molar-refractivity contribution in [3.63, 3.8) is 0 Å². The number of allylic oxidation sites excluding steroid dienone is 4. The number of fused-ring (bicyclic) bond motifs is 5. The topological polar surface area (TPSA) is 157 Å². The quantitative estimate of drug-likeness (QED) is 0.0827. The van der Waals surface area contributed by atoms with Gasteiger partial charge in [-0.05, 0) is 118 Å². The molecule has 60 heavy (non-hydrogen) atoms. The maximum absolute atomic E-state index is 16.9. The van der Waals surface area contributed by atoms with Gasteiger partial charge in [-0.25, -0.2) is 13.2 Å². The van der Waals surface area contributed by atoms with Crippen LogP contribution in [0.5, 0.6) is 5.75 Å². The fraction of sp³-hybridized carbons (Fsp3) is 0.617. The number of ether oxygens (including phenoxy) is 1. The van der Waals surface area contributed by atoms with E-state index in [1.807, 2.05) is 0 Å². The highest BCUT2D eigenvalue weighted by Crippen LogP contribution is 2.71. The second-order valence-corrected chi connectivity index (χ2v) is 18.4. The number of hydrogen-bond donors (Lipinski definition) is 6. The minimum atomic E-state index is -2.26. The Morgan fingerprint density at radius 3 is 2.42 bits per heavy atom. The molecule has 4 aliphatic rings. The molecule has 0 spiro atoms. The van der Waals surface area contributed by atoms with E-state index < -0.39 is 75.1 Å². The van der Waals surface area contributed by atoms with Crippen molar-refractivity contribution in [1.82, 2.24) is 5.32 Å². The Kier molecular flexibility index (Phi) is 16.7. The summed E-state index contributed by atoms with van der Waals surface area (Å²) in [5.41, 5.74) is -4.38. The van der Waals surface area contributed by atoms with Gasteiger partial charge in [0.1, 0.15) is 23.5 Å². The molecule has 6 N–H and O–H groups in total. The van der Waals surface area contributed by atoms with Gasteiger partial charge < -0.3 is 35.6 Å². The summed E-state index contributed by atoms with van der Waals surface area (Å²) >= 11 is 0.371. The van der Waals surface area contributed by atoms with Crippen LogP contribution in [0, 0.1) is 28.6 Å². The number of benzene rings is 2. The molecule has 0 amide bonds. The third-order valence-electron chi connectivity index (χ3n) is 13.9. The van der Waals surface area contributed by atoms with Crippen LogP contribution in [0.25, 0.3) is 0 Å². The number of thioether (sulfide) groups is 1. The second-order valence-electron chi connectivity index (χ2n) is 17.5. The first kappa shape index (κ1) is 48.0. The number of phenols is 1. The van der Waals surface area contributed by atoms with E-state index >= 15 is 8.78 Å². The van der Waals surface area contributed by atoms with E-state index in [9.17, 15) is 39.5 Å². The lowest BCUT2D eigenvalue weighted by molar-refractivity contribution is -0.221. The maximum atomic E-state index is 16.9. The van der Waals surface area contributed by atoms with Crippen molar-refractivity contribution in [3.8, 4) is 5.75 Å². The number of carbonyl (C=O) groups is 2. The molecule has 0 saturated heterocycles. The van der Waals surface area contributed by atoms with Gasteiger partial charge in [-0.1, -0.05) is 80.9 Å². The molecule has 4 aliphatic carbocycles. The summed E-state index contributed by atoms with van der Waals surface area (Å²) < 4.78 is 50.8. The molecular weight excluding hydrogens is 796 g/mol. The molecule has 13 heteroatoms. The first-order chi connectivity index (χ1) is 28.6. The monoisotopic (exact) mass is 859 g/mol. The zero-order valence-electron chi connectivity index (χ0n) is 35.1. The Labute approximate surface area is 356 Å². The predicted octanol–water partition coefficient (Wildman–Crippen LogP) is 7.58. The summed E-state index contributed by atoms with van der Waals surface area (Å²) in [6.45, 7) is 7.56. The summed E-state index contributed by atoms with van der Waals surface area (Å²) in [5.74, 6) is -2.52. The number of carbonyl (C=O) groups excluding carboxylic acids is 2. The van der Waals surface area contributed by atoms with Gasteiger partial charge in [0.15, 0.2) is 11.5 Å². The number of aromatic hydroxyl groups is 1. The van der Waals surface area contributed by atoms with Crippen LogP contribution in [0.3, 0.4) is 0 Å². The SMILES string of the molecule is C[C@@H]1C[C@H]2[C@@H]3C[C@H](F)C4=CC(=O)C=C[C@]4(C)[C@@]3(F)[C@@H](O)C[C@]2(C)[C@@]1(O)C(=O)SCF.OCc1cc(C(O)CNCCCCCCOCCCCc2ccccc2)ccc1O. The molecule has 10 atom stereocenters. The molecule has 6 rings (SSSR count). The van der Waals surface area contributed by atoms with Gasteiger partial charge in [0.25, 0.3) is 0 Å². The molecule has 3 saturated carbocycles. The van der Waals surface area contributed by atoms with E-state index in [0.29, 0.717) is 29.4 Å².